The molecule has 182 valence electrons. The van der Waals surface area contributed by atoms with Crippen LogP contribution in [0, 0.1) is 5.82 Å². The number of fused-ring (bicyclic) bond motifs is 1. The van der Waals surface area contributed by atoms with E-state index in [2.05, 4.69) is 4.99 Å². The summed E-state index contributed by atoms with van der Waals surface area (Å²) in [7, 11) is 1.33. The number of carbonyl (C=O) groups excluding carboxylic acids is 1. The van der Waals surface area contributed by atoms with E-state index in [1.807, 2.05) is 41.8 Å². The van der Waals surface area contributed by atoms with Crippen LogP contribution < -0.4 is 19.6 Å². The number of aromatic nitrogens is 1. The van der Waals surface area contributed by atoms with Gasteiger partial charge in [-0.3, -0.25) is 9.36 Å². The van der Waals surface area contributed by atoms with Crippen LogP contribution in [0.1, 0.15) is 29.0 Å². The molecule has 0 saturated heterocycles. The van der Waals surface area contributed by atoms with Crippen LogP contribution in [0.25, 0.3) is 6.08 Å². The zero-order chi connectivity index (χ0) is 25.2. The van der Waals surface area contributed by atoms with Crippen molar-refractivity contribution in [3.63, 3.8) is 0 Å². The highest BCUT2D eigenvalue weighted by Gasteiger charge is 2.33. The van der Waals surface area contributed by atoms with Gasteiger partial charge in [-0.05, 0) is 59.8 Å². The van der Waals surface area contributed by atoms with E-state index in [1.165, 1.54) is 41.9 Å². The third-order valence-corrected chi connectivity index (χ3v) is 7.64. The van der Waals surface area contributed by atoms with Gasteiger partial charge in [-0.15, -0.1) is 11.3 Å². The van der Waals surface area contributed by atoms with Gasteiger partial charge in [0.05, 0.1) is 22.9 Å². The number of rotatable bonds is 6. The van der Waals surface area contributed by atoms with Gasteiger partial charge < -0.3 is 9.47 Å². The van der Waals surface area contributed by atoms with Crippen LogP contribution in [0.3, 0.4) is 0 Å². The molecule has 1 atom stereocenters. The Labute approximate surface area is 213 Å². The Morgan fingerprint density at radius 3 is 2.56 bits per heavy atom. The first-order valence-electron chi connectivity index (χ1n) is 11.1. The van der Waals surface area contributed by atoms with Gasteiger partial charge in [-0.1, -0.05) is 41.7 Å². The molecule has 1 aliphatic rings. The normalized spacial score (nSPS) is 15.4. The summed E-state index contributed by atoms with van der Waals surface area (Å²) < 4.78 is 25.9. The van der Waals surface area contributed by atoms with E-state index in [9.17, 15) is 14.0 Å². The summed E-state index contributed by atoms with van der Waals surface area (Å²) >= 11 is 2.75. The molecular weight excluding hydrogens is 499 g/mol. The quantitative estimate of drug-likeness (QED) is 0.358. The molecule has 3 heterocycles. The molecule has 9 heteroatoms. The maximum atomic E-state index is 13.5. The van der Waals surface area contributed by atoms with Crippen LogP contribution in [-0.2, 0) is 16.1 Å². The van der Waals surface area contributed by atoms with Crippen LogP contribution in [0.4, 0.5) is 4.39 Å². The van der Waals surface area contributed by atoms with Gasteiger partial charge >= 0.3 is 5.97 Å². The SMILES string of the molecule is COC(=O)C1=C(C)N=c2sc(=Cc3ccc(OCc4ccc(F)cc4)cc3)c(=O)n2C1c1cccs1. The standard InChI is InChI=1S/C27H21FN2O4S2/c1-16-23(26(32)33-2)24(21-4-3-13-35-21)30-25(31)22(36-27(30)29-16)14-17-7-11-20(12-8-17)34-15-18-5-9-19(28)10-6-18/h3-14,24H,15H2,1-2H3. The summed E-state index contributed by atoms with van der Waals surface area (Å²) in [5, 5.41) is 1.91. The van der Waals surface area contributed by atoms with E-state index in [1.54, 1.807) is 29.7 Å². The monoisotopic (exact) mass is 520 g/mol. The number of ether oxygens (including phenoxy) is 2. The second-order valence-corrected chi connectivity index (χ2v) is 10.1. The van der Waals surface area contributed by atoms with E-state index in [0.717, 1.165) is 16.0 Å². The third kappa shape index (κ3) is 4.67. The maximum Gasteiger partial charge on any atom is 0.338 e. The lowest BCUT2D eigenvalue weighted by molar-refractivity contribution is -0.136. The molecule has 1 unspecified atom stereocenters. The highest BCUT2D eigenvalue weighted by molar-refractivity contribution is 7.10. The van der Waals surface area contributed by atoms with Crippen LogP contribution in [0.2, 0.25) is 0 Å². The zero-order valence-electron chi connectivity index (χ0n) is 19.4. The van der Waals surface area contributed by atoms with Crippen molar-refractivity contribution in [2.24, 2.45) is 4.99 Å². The molecule has 0 fully saturated rings. The molecular formula is C27H21FN2O4S2. The molecule has 0 saturated carbocycles. The first kappa shape index (κ1) is 23.9. The number of benzene rings is 2. The van der Waals surface area contributed by atoms with Crippen molar-refractivity contribution in [1.29, 1.82) is 0 Å². The van der Waals surface area contributed by atoms with Crippen LogP contribution >= 0.6 is 22.7 Å². The molecule has 0 N–H and O–H groups in total. The Morgan fingerprint density at radius 2 is 1.89 bits per heavy atom. The van der Waals surface area contributed by atoms with Crippen LogP contribution in [0.5, 0.6) is 5.75 Å². The van der Waals surface area contributed by atoms with Crippen LogP contribution in [0.15, 0.2) is 87.1 Å². The van der Waals surface area contributed by atoms with Crippen molar-refractivity contribution in [3.05, 3.63) is 119 Å². The van der Waals surface area contributed by atoms with E-state index in [4.69, 9.17) is 9.47 Å². The first-order chi connectivity index (χ1) is 17.4. The number of allylic oxidation sites excluding steroid dienone is 1. The number of thiazole rings is 1. The summed E-state index contributed by atoms with van der Waals surface area (Å²) in [6, 6.07) is 16.7. The lowest BCUT2D eigenvalue weighted by atomic mass is 10.0. The van der Waals surface area contributed by atoms with Gasteiger partial charge in [0, 0.05) is 4.88 Å². The molecule has 6 nitrogen and oxygen atoms in total. The Hall–Kier alpha value is -3.82. The average Bonchev–Trinajstić information content (AvgIpc) is 3.52. The number of esters is 1. The fourth-order valence-corrected chi connectivity index (χ4v) is 5.84. The lowest BCUT2D eigenvalue weighted by Crippen LogP contribution is -2.39. The minimum Gasteiger partial charge on any atom is -0.489 e. The van der Waals surface area contributed by atoms with Gasteiger partial charge in [0.1, 0.15) is 24.2 Å². The number of carbonyl (C=O) groups is 1. The lowest BCUT2D eigenvalue weighted by Gasteiger charge is -2.22. The Kier molecular flexibility index (Phi) is 6.67. The van der Waals surface area contributed by atoms with Crippen molar-refractivity contribution in [3.8, 4) is 5.75 Å². The van der Waals surface area contributed by atoms with Gasteiger partial charge in [0.25, 0.3) is 5.56 Å². The van der Waals surface area contributed by atoms with Gasteiger partial charge in [-0.2, -0.15) is 0 Å². The average molecular weight is 521 g/mol. The van der Waals surface area contributed by atoms with Crippen molar-refractivity contribution in [2.75, 3.05) is 7.11 Å². The number of thiophene rings is 1. The minimum absolute atomic E-state index is 0.220. The third-order valence-electron chi connectivity index (χ3n) is 5.74. The van der Waals surface area contributed by atoms with E-state index in [-0.39, 0.29) is 11.4 Å². The Balaban J connectivity index is 1.46. The van der Waals surface area contributed by atoms with Crippen LogP contribution in [-0.4, -0.2) is 17.6 Å². The summed E-state index contributed by atoms with van der Waals surface area (Å²) in [4.78, 5) is 32.1. The molecule has 0 radical (unpaired) electrons. The fraction of sp³-hybridized carbons (Fsp3) is 0.148. The predicted octanol–water partition coefficient (Wildman–Crippen LogP) is 4.19. The molecule has 0 bridgehead atoms. The summed E-state index contributed by atoms with van der Waals surface area (Å²) in [6.07, 6.45) is 1.80. The highest BCUT2D eigenvalue weighted by atomic mass is 32.1. The molecule has 2 aromatic carbocycles. The Bertz CT molecular complexity index is 1620. The molecule has 36 heavy (non-hydrogen) atoms. The topological polar surface area (TPSA) is 69.9 Å². The van der Waals surface area contributed by atoms with Crippen molar-refractivity contribution >= 4 is 34.7 Å². The summed E-state index contributed by atoms with van der Waals surface area (Å²) in [5.74, 6) is -0.124. The molecule has 0 aliphatic carbocycles. The molecule has 4 aromatic rings. The molecule has 2 aromatic heterocycles. The second kappa shape index (κ2) is 10.0. The summed E-state index contributed by atoms with van der Waals surface area (Å²) in [6.45, 7) is 2.08. The fourth-order valence-electron chi connectivity index (χ4n) is 3.97. The van der Waals surface area contributed by atoms with Crippen molar-refractivity contribution in [1.82, 2.24) is 4.57 Å². The van der Waals surface area contributed by atoms with Gasteiger partial charge in [0.2, 0.25) is 0 Å². The number of hydrogen-bond donors (Lipinski definition) is 0. The maximum absolute atomic E-state index is 13.5. The van der Waals surface area contributed by atoms with Crippen molar-refractivity contribution in [2.45, 2.75) is 19.6 Å². The van der Waals surface area contributed by atoms with Crippen molar-refractivity contribution < 1.29 is 18.7 Å². The summed E-state index contributed by atoms with van der Waals surface area (Å²) in [5.41, 5.74) is 2.37. The second-order valence-electron chi connectivity index (χ2n) is 8.07. The number of nitrogens with zero attached hydrogens (tertiary/aromatic N) is 2. The number of hydrogen-bond acceptors (Lipinski definition) is 7. The zero-order valence-corrected chi connectivity index (χ0v) is 21.1. The van der Waals surface area contributed by atoms with Gasteiger partial charge in [0.15, 0.2) is 4.80 Å². The van der Waals surface area contributed by atoms with E-state index >= 15 is 0 Å². The molecule has 0 spiro atoms. The number of methoxy groups -OCH3 is 1. The first-order valence-corrected chi connectivity index (χ1v) is 12.8. The van der Waals surface area contributed by atoms with E-state index in [0.29, 0.717) is 33.0 Å². The molecule has 1 aliphatic heterocycles. The molecule has 5 rings (SSSR count). The minimum atomic E-state index is -0.585. The predicted molar refractivity (Wildman–Crippen MR) is 137 cm³/mol. The largest absolute Gasteiger partial charge is 0.489 e. The molecule has 0 amide bonds. The Morgan fingerprint density at radius 1 is 1.14 bits per heavy atom. The highest BCUT2D eigenvalue weighted by Crippen LogP contribution is 2.33. The van der Waals surface area contributed by atoms with E-state index < -0.39 is 12.0 Å². The number of halogens is 1. The van der Waals surface area contributed by atoms with Gasteiger partial charge in [-0.25, -0.2) is 14.2 Å². The smallest absolute Gasteiger partial charge is 0.338 e.